The summed E-state index contributed by atoms with van der Waals surface area (Å²) in [4.78, 5) is 0. The van der Waals surface area contributed by atoms with Crippen LogP contribution in [0.15, 0.2) is 18.2 Å². The van der Waals surface area contributed by atoms with E-state index in [1.54, 1.807) is 14.2 Å². The SMILES string of the molecule is COc1cccc(CNCC2CCSCC2)c1OC. The van der Waals surface area contributed by atoms with Crippen LogP contribution in [0, 0.1) is 5.92 Å². The van der Waals surface area contributed by atoms with E-state index < -0.39 is 0 Å². The van der Waals surface area contributed by atoms with E-state index in [0.29, 0.717) is 0 Å². The Hall–Kier alpha value is -0.870. The van der Waals surface area contributed by atoms with E-state index in [2.05, 4.69) is 23.1 Å². The van der Waals surface area contributed by atoms with Crippen LogP contribution >= 0.6 is 11.8 Å². The lowest BCUT2D eigenvalue weighted by molar-refractivity contribution is 0.349. The molecule has 106 valence electrons. The van der Waals surface area contributed by atoms with Gasteiger partial charge in [0.2, 0.25) is 0 Å². The molecular formula is C15H23NO2S. The summed E-state index contributed by atoms with van der Waals surface area (Å²) in [6.45, 7) is 1.94. The first-order chi connectivity index (χ1) is 9.35. The fraction of sp³-hybridized carbons (Fsp3) is 0.600. The van der Waals surface area contributed by atoms with Crippen molar-refractivity contribution >= 4 is 11.8 Å². The van der Waals surface area contributed by atoms with E-state index in [9.17, 15) is 0 Å². The Morgan fingerprint density at radius 1 is 1.21 bits per heavy atom. The fourth-order valence-corrected chi connectivity index (χ4v) is 3.66. The number of thioether (sulfide) groups is 1. The van der Waals surface area contributed by atoms with Gasteiger partial charge in [0.1, 0.15) is 0 Å². The smallest absolute Gasteiger partial charge is 0.165 e. The monoisotopic (exact) mass is 281 g/mol. The quantitative estimate of drug-likeness (QED) is 0.868. The Balaban J connectivity index is 1.88. The summed E-state index contributed by atoms with van der Waals surface area (Å²) in [5, 5.41) is 3.55. The maximum atomic E-state index is 5.44. The molecule has 0 saturated carbocycles. The van der Waals surface area contributed by atoms with Crippen molar-refractivity contribution in [3.8, 4) is 11.5 Å². The largest absolute Gasteiger partial charge is 0.493 e. The van der Waals surface area contributed by atoms with Crippen molar-refractivity contribution in [3.05, 3.63) is 23.8 Å². The highest BCUT2D eigenvalue weighted by molar-refractivity contribution is 7.99. The van der Waals surface area contributed by atoms with E-state index >= 15 is 0 Å². The molecule has 0 aromatic heterocycles. The summed E-state index contributed by atoms with van der Waals surface area (Å²) in [5.74, 6) is 5.11. The van der Waals surface area contributed by atoms with Crippen LogP contribution in [0.4, 0.5) is 0 Å². The lowest BCUT2D eigenvalue weighted by atomic mass is 10.0. The molecule has 3 nitrogen and oxygen atoms in total. The van der Waals surface area contributed by atoms with Crippen molar-refractivity contribution in [2.45, 2.75) is 19.4 Å². The number of hydrogen-bond acceptors (Lipinski definition) is 4. The minimum absolute atomic E-state index is 0.802. The zero-order valence-electron chi connectivity index (χ0n) is 11.8. The maximum absolute atomic E-state index is 5.44. The summed E-state index contributed by atoms with van der Waals surface area (Å²) in [6.07, 6.45) is 2.68. The predicted octanol–water partition coefficient (Wildman–Crippen LogP) is 2.94. The third-order valence-electron chi connectivity index (χ3n) is 3.57. The summed E-state index contributed by atoms with van der Waals surface area (Å²) in [7, 11) is 3.37. The Bertz CT molecular complexity index is 392. The van der Waals surface area contributed by atoms with E-state index in [1.165, 1.54) is 24.3 Å². The molecule has 0 amide bonds. The summed E-state index contributed by atoms with van der Waals surface area (Å²) >= 11 is 2.08. The number of benzene rings is 1. The van der Waals surface area contributed by atoms with Gasteiger partial charge in [-0.1, -0.05) is 12.1 Å². The molecular weight excluding hydrogens is 258 g/mol. The molecule has 0 unspecified atom stereocenters. The molecule has 0 aliphatic carbocycles. The van der Waals surface area contributed by atoms with Gasteiger partial charge in [0.25, 0.3) is 0 Å². The van der Waals surface area contributed by atoms with Crippen molar-refractivity contribution in [1.82, 2.24) is 5.32 Å². The molecule has 19 heavy (non-hydrogen) atoms. The molecule has 1 heterocycles. The molecule has 2 rings (SSSR count). The van der Waals surface area contributed by atoms with Crippen LogP contribution in [0.2, 0.25) is 0 Å². The average Bonchev–Trinajstić information content (AvgIpc) is 2.48. The molecule has 1 aliphatic rings. The van der Waals surface area contributed by atoms with Crippen LogP contribution in [0.3, 0.4) is 0 Å². The summed E-state index contributed by atoms with van der Waals surface area (Å²) in [5.41, 5.74) is 1.16. The fourth-order valence-electron chi connectivity index (χ4n) is 2.45. The number of rotatable bonds is 6. The van der Waals surface area contributed by atoms with E-state index in [1.807, 2.05) is 12.1 Å². The molecule has 0 bridgehead atoms. The molecule has 1 saturated heterocycles. The first-order valence-corrected chi connectivity index (χ1v) is 7.99. The van der Waals surface area contributed by atoms with E-state index in [4.69, 9.17) is 9.47 Å². The molecule has 1 aromatic rings. The van der Waals surface area contributed by atoms with E-state index in [-0.39, 0.29) is 0 Å². The zero-order valence-corrected chi connectivity index (χ0v) is 12.6. The number of ether oxygens (including phenoxy) is 2. The van der Waals surface area contributed by atoms with Crippen molar-refractivity contribution < 1.29 is 9.47 Å². The molecule has 4 heteroatoms. The minimum atomic E-state index is 0.802. The van der Waals surface area contributed by atoms with Crippen molar-refractivity contribution in [2.24, 2.45) is 5.92 Å². The van der Waals surface area contributed by atoms with Gasteiger partial charge in [-0.25, -0.2) is 0 Å². The lowest BCUT2D eigenvalue weighted by Gasteiger charge is -2.22. The number of para-hydroxylation sites is 1. The zero-order chi connectivity index (χ0) is 13.5. The van der Waals surface area contributed by atoms with Crippen molar-refractivity contribution in [2.75, 3.05) is 32.3 Å². The molecule has 1 N–H and O–H groups in total. The van der Waals surface area contributed by atoms with Crippen LogP contribution in [-0.4, -0.2) is 32.3 Å². The first-order valence-electron chi connectivity index (χ1n) is 6.83. The van der Waals surface area contributed by atoms with Gasteiger partial charge < -0.3 is 14.8 Å². The molecule has 0 spiro atoms. The third kappa shape index (κ3) is 4.05. The Labute approximate surface area is 120 Å². The van der Waals surface area contributed by atoms with Crippen molar-refractivity contribution in [3.63, 3.8) is 0 Å². The minimum Gasteiger partial charge on any atom is -0.493 e. The molecule has 1 aliphatic heterocycles. The molecule has 0 radical (unpaired) electrons. The van der Waals surface area contributed by atoms with Crippen LogP contribution in [0.5, 0.6) is 11.5 Å². The highest BCUT2D eigenvalue weighted by atomic mass is 32.2. The molecule has 1 fully saturated rings. The average molecular weight is 281 g/mol. The van der Waals surface area contributed by atoms with Gasteiger partial charge in [-0.3, -0.25) is 0 Å². The first kappa shape index (κ1) is 14.5. The van der Waals surface area contributed by atoms with E-state index in [0.717, 1.165) is 36.1 Å². The second-order valence-electron chi connectivity index (χ2n) is 4.84. The highest BCUT2D eigenvalue weighted by Gasteiger charge is 2.14. The summed E-state index contributed by atoms with van der Waals surface area (Å²) in [6, 6.07) is 6.03. The van der Waals surface area contributed by atoms with Gasteiger partial charge in [-0.2, -0.15) is 11.8 Å². The molecule has 0 atom stereocenters. The third-order valence-corrected chi connectivity index (χ3v) is 4.62. The van der Waals surface area contributed by atoms with Crippen LogP contribution in [0.25, 0.3) is 0 Å². The van der Waals surface area contributed by atoms with Crippen LogP contribution < -0.4 is 14.8 Å². The highest BCUT2D eigenvalue weighted by Crippen LogP contribution is 2.30. The standard InChI is InChI=1S/C15H23NO2S/c1-17-14-5-3-4-13(15(14)18-2)11-16-10-12-6-8-19-9-7-12/h3-5,12,16H,6-11H2,1-2H3. The van der Waals surface area contributed by atoms with Crippen LogP contribution in [-0.2, 0) is 6.54 Å². The Morgan fingerprint density at radius 3 is 2.68 bits per heavy atom. The van der Waals surface area contributed by atoms with Crippen molar-refractivity contribution in [1.29, 1.82) is 0 Å². The van der Waals surface area contributed by atoms with Gasteiger partial charge in [0, 0.05) is 12.1 Å². The molecule has 1 aromatic carbocycles. The van der Waals surface area contributed by atoms with Crippen LogP contribution in [0.1, 0.15) is 18.4 Å². The van der Waals surface area contributed by atoms with Gasteiger partial charge in [0.15, 0.2) is 11.5 Å². The van der Waals surface area contributed by atoms with Gasteiger partial charge in [-0.15, -0.1) is 0 Å². The number of methoxy groups -OCH3 is 2. The Kier molecular flexibility index (Phi) is 5.86. The lowest BCUT2D eigenvalue weighted by Crippen LogP contribution is -2.25. The Morgan fingerprint density at radius 2 is 2.00 bits per heavy atom. The number of nitrogens with one attached hydrogen (secondary N) is 1. The van der Waals surface area contributed by atoms with Gasteiger partial charge >= 0.3 is 0 Å². The summed E-state index contributed by atoms with van der Waals surface area (Å²) < 4.78 is 10.8. The maximum Gasteiger partial charge on any atom is 0.165 e. The normalized spacial score (nSPS) is 16.3. The van der Waals surface area contributed by atoms with Gasteiger partial charge in [0.05, 0.1) is 14.2 Å². The second kappa shape index (κ2) is 7.65. The number of hydrogen-bond donors (Lipinski definition) is 1. The van der Waals surface area contributed by atoms with Gasteiger partial charge in [-0.05, 0) is 42.9 Å². The second-order valence-corrected chi connectivity index (χ2v) is 6.06. The predicted molar refractivity (Wildman–Crippen MR) is 81.3 cm³/mol. The topological polar surface area (TPSA) is 30.5 Å².